The van der Waals surface area contributed by atoms with Gasteiger partial charge < -0.3 is 14.5 Å². The number of carbonyl (C=O) groups excluding carboxylic acids is 1. The highest BCUT2D eigenvalue weighted by molar-refractivity contribution is 5.92. The number of hydrogen-bond acceptors (Lipinski definition) is 3. The lowest BCUT2D eigenvalue weighted by atomic mass is 10.2. The van der Waals surface area contributed by atoms with Crippen molar-refractivity contribution < 1.29 is 9.53 Å². The second-order valence-electron chi connectivity index (χ2n) is 5.78. The maximum atomic E-state index is 12.1. The number of benzene rings is 1. The van der Waals surface area contributed by atoms with Gasteiger partial charge in [0.15, 0.2) is 0 Å². The number of nitrogens with zero attached hydrogens (tertiary/aromatic N) is 2. The Bertz CT molecular complexity index is 441. The van der Waals surface area contributed by atoms with E-state index in [-0.39, 0.29) is 5.91 Å². The van der Waals surface area contributed by atoms with E-state index in [1.54, 1.807) is 4.90 Å². The van der Waals surface area contributed by atoms with Crippen molar-refractivity contribution in [3.05, 3.63) is 24.3 Å². The molecule has 0 saturated carbocycles. The van der Waals surface area contributed by atoms with Crippen LogP contribution in [0.1, 0.15) is 46.5 Å². The summed E-state index contributed by atoms with van der Waals surface area (Å²) in [6.45, 7) is 10.2. The SMILES string of the molecule is CCCCCC(=O)N(C)c1ccc(OCCN(CC)CC)cc1. The normalized spacial score (nSPS) is 10.8. The first-order valence-corrected chi connectivity index (χ1v) is 8.84. The van der Waals surface area contributed by atoms with E-state index in [2.05, 4.69) is 25.7 Å². The maximum absolute atomic E-state index is 12.1. The molecule has 0 spiro atoms. The fourth-order valence-electron chi connectivity index (χ4n) is 2.44. The van der Waals surface area contributed by atoms with Gasteiger partial charge in [0.25, 0.3) is 0 Å². The molecule has 0 saturated heterocycles. The first-order chi connectivity index (χ1) is 11.1. The zero-order valence-corrected chi connectivity index (χ0v) is 15.2. The molecule has 1 amide bonds. The van der Waals surface area contributed by atoms with Crippen LogP contribution in [-0.4, -0.2) is 44.1 Å². The highest BCUT2D eigenvalue weighted by Crippen LogP contribution is 2.19. The second kappa shape index (κ2) is 11.1. The molecule has 23 heavy (non-hydrogen) atoms. The highest BCUT2D eigenvalue weighted by atomic mass is 16.5. The van der Waals surface area contributed by atoms with E-state index >= 15 is 0 Å². The minimum absolute atomic E-state index is 0.175. The van der Waals surface area contributed by atoms with Gasteiger partial charge in [0.1, 0.15) is 12.4 Å². The van der Waals surface area contributed by atoms with Crippen LogP contribution in [0.25, 0.3) is 0 Å². The summed E-state index contributed by atoms with van der Waals surface area (Å²) in [5.74, 6) is 1.03. The van der Waals surface area contributed by atoms with Gasteiger partial charge in [0.05, 0.1) is 0 Å². The summed E-state index contributed by atoms with van der Waals surface area (Å²) in [5, 5.41) is 0. The van der Waals surface area contributed by atoms with Crippen LogP contribution in [0, 0.1) is 0 Å². The van der Waals surface area contributed by atoms with Crippen LogP contribution in [0.3, 0.4) is 0 Å². The van der Waals surface area contributed by atoms with Crippen LogP contribution in [-0.2, 0) is 4.79 Å². The van der Waals surface area contributed by atoms with Crippen molar-refractivity contribution in [1.29, 1.82) is 0 Å². The van der Waals surface area contributed by atoms with Crippen molar-refractivity contribution in [2.75, 3.05) is 38.2 Å². The van der Waals surface area contributed by atoms with Gasteiger partial charge in [-0.3, -0.25) is 4.79 Å². The zero-order valence-electron chi connectivity index (χ0n) is 15.2. The van der Waals surface area contributed by atoms with E-state index in [0.717, 1.165) is 50.3 Å². The average molecular weight is 320 g/mol. The molecular weight excluding hydrogens is 288 g/mol. The maximum Gasteiger partial charge on any atom is 0.226 e. The van der Waals surface area contributed by atoms with E-state index < -0.39 is 0 Å². The van der Waals surface area contributed by atoms with Gasteiger partial charge in [-0.1, -0.05) is 33.6 Å². The molecule has 130 valence electrons. The fourth-order valence-corrected chi connectivity index (χ4v) is 2.44. The summed E-state index contributed by atoms with van der Waals surface area (Å²) in [7, 11) is 1.84. The molecule has 0 N–H and O–H groups in total. The third kappa shape index (κ3) is 7.04. The predicted molar refractivity (Wildman–Crippen MR) is 97.3 cm³/mol. The number of hydrogen-bond donors (Lipinski definition) is 0. The molecular formula is C19H32N2O2. The Kier molecular flexibility index (Phi) is 9.37. The lowest BCUT2D eigenvalue weighted by Crippen LogP contribution is -2.28. The second-order valence-corrected chi connectivity index (χ2v) is 5.78. The number of amides is 1. The van der Waals surface area contributed by atoms with Crippen LogP contribution in [0.5, 0.6) is 5.75 Å². The Hall–Kier alpha value is -1.55. The fraction of sp³-hybridized carbons (Fsp3) is 0.632. The lowest BCUT2D eigenvalue weighted by Gasteiger charge is -2.19. The minimum Gasteiger partial charge on any atom is -0.492 e. The quantitative estimate of drug-likeness (QED) is 0.579. The van der Waals surface area contributed by atoms with Crippen LogP contribution in [0.4, 0.5) is 5.69 Å². The third-order valence-corrected chi connectivity index (χ3v) is 4.16. The van der Waals surface area contributed by atoms with Crippen LogP contribution < -0.4 is 9.64 Å². The zero-order chi connectivity index (χ0) is 17.1. The van der Waals surface area contributed by atoms with Crippen molar-refractivity contribution in [1.82, 2.24) is 4.90 Å². The van der Waals surface area contributed by atoms with Crippen molar-refractivity contribution in [2.24, 2.45) is 0 Å². The van der Waals surface area contributed by atoms with Crippen molar-refractivity contribution in [3.63, 3.8) is 0 Å². The molecule has 0 unspecified atom stereocenters. The standard InChI is InChI=1S/C19H32N2O2/c1-5-8-9-10-19(22)20(4)17-11-13-18(14-12-17)23-16-15-21(6-2)7-3/h11-14H,5-10,15-16H2,1-4H3. The summed E-state index contributed by atoms with van der Waals surface area (Å²) in [5.41, 5.74) is 0.919. The molecule has 0 aliphatic rings. The van der Waals surface area contributed by atoms with E-state index in [0.29, 0.717) is 13.0 Å². The molecule has 0 bridgehead atoms. The number of rotatable bonds is 11. The van der Waals surface area contributed by atoms with Crippen molar-refractivity contribution in [2.45, 2.75) is 46.5 Å². The summed E-state index contributed by atoms with van der Waals surface area (Å²) in [4.78, 5) is 16.2. The van der Waals surface area contributed by atoms with Gasteiger partial charge in [0.2, 0.25) is 5.91 Å². The Labute approximate surface area is 141 Å². The Morgan fingerprint density at radius 3 is 2.26 bits per heavy atom. The summed E-state index contributed by atoms with van der Waals surface area (Å²) in [6.07, 6.45) is 3.83. The smallest absolute Gasteiger partial charge is 0.226 e. The van der Waals surface area contributed by atoms with Gasteiger partial charge in [-0.2, -0.15) is 0 Å². The summed E-state index contributed by atoms with van der Waals surface area (Å²) < 4.78 is 5.77. The monoisotopic (exact) mass is 320 g/mol. The predicted octanol–water partition coefficient (Wildman–Crippen LogP) is 3.95. The average Bonchev–Trinajstić information content (AvgIpc) is 2.59. The Morgan fingerprint density at radius 1 is 1.04 bits per heavy atom. The summed E-state index contributed by atoms with van der Waals surface area (Å²) in [6, 6.07) is 7.77. The first kappa shape index (κ1) is 19.5. The number of likely N-dealkylation sites (N-methyl/N-ethyl adjacent to an activating group) is 1. The van der Waals surface area contributed by atoms with Gasteiger partial charge in [-0.15, -0.1) is 0 Å². The number of ether oxygens (including phenoxy) is 1. The minimum atomic E-state index is 0.175. The third-order valence-electron chi connectivity index (χ3n) is 4.16. The number of anilines is 1. The lowest BCUT2D eigenvalue weighted by molar-refractivity contribution is -0.118. The van der Waals surface area contributed by atoms with Crippen LogP contribution in [0.2, 0.25) is 0 Å². The summed E-state index contributed by atoms with van der Waals surface area (Å²) >= 11 is 0. The molecule has 0 aromatic heterocycles. The molecule has 1 aromatic rings. The molecule has 4 nitrogen and oxygen atoms in total. The molecule has 1 aromatic carbocycles. The molecule has 0 radical (unpaired) electrons. The van der Waals surface area contributed by atoms with E-state index in [4.69, 9.17) is 4.74 Å². The van der Waals surface area contributed by atoms with Crippen LogP contribution >= 0.6 is 0 Å². The Balaban J connectivity index is 2.44. The number of unbranched alkanes of at least 4 members (excludes halogenated alkanes) is 2. The van der Waals surface area contributed by atoms with Crippen molar-refractivity contribution >= 4 is 11.6 Å². The molecule has 0 heterocycles. The van der Waals surface area contributed by atoms with Crippen LogP contribution in [0.15, 0.2) is 24.3 Å². The van der Waals surface area contributed by atoms with Gasteiger partial charge in [0, 0.05) is 25.7 Å². The Morgan fingerprint density at radius 2 is 1.70 bits per heavy atom. The first-order valence-electron chi connectivity index (χ1n) is 8.84. The molecule has 0 fully saturated rings. The largest absolute Gasteiger partial charge is 0.492 e. The van der Waals surface area contributed by atoms with E-state index in [1.165, 1.54) is 0 Å². The molecule has 0 aliphatic heterocycles. The molecule has 1 rings (SSSR count). The highest BCUT2D eigenvalue weighted by Gasteiger charge is 2.10. The molecule has 4 heteroatoms. The molecule has 0 atom stereocenters. The van der Waals surface area contributed by atoms with E-state index in [9.17, 15) is 4.79 Å². The van der Waals surface area contributed by atoms with Gasteiger partial charge in [-0.25, -0.2) is 0 Å². The topological polar surface area (TPSA) is 32.8 Å². The van der Waals surface area contributed by atoms with Gasteiger partial charge >= 0.3 is 0 Å². The molecule has 0 aliphatic carbocycles. The van der Waals surface area contributed by atoms with Gasteiger partial charge in [-0.05, 0) is 43.8 Å². The van der Waals surface area contributed by atoms with E-state index in [1.807, 2.05) is 31.3 Å². The van der Waals surface area contributed by atoms with Crippen molar-refractivity contribution in [3.8, 4) is 5.75 Å². The number of carbonyl (C=O) groups is 1.